The highest BCUT2D eigenvalue weighted by atomic mass is 19.1. The van der Waals surface area contributed by atoms with E-state index in [9.17, 15) is 13.6 Å². The van der Waals surface area contributed by atoms with Crippen LogP contribution in [0.2, 0.25) is 0 Å². The van der Waals surface area contributed by atoms with E-state index in [0.29, 0.717) is 34.5 Å². The maximum absolute atomic E-state index is 14.8. The molecule has 2 fully saturated rings. The van der Waals surface area contributed by atoms with Crippen LogP contribution in [0.1, 0.15) is 59.1 Å². The molecule has 1 unspecified atom stereocenters. The SMILES string of the molecule is CC(C)(C)OC(=O)N(c1cncc(-c2nn(C3CCCCO3)c3ccc(-c4c(F)cccc4F)cc23)c1)C1CCNCC1. The summed E-state index contributed by atoms with van der Waals surface area (Å²) in [6.45, 7) is 7.77. The summed E-state index contributed by atoms with van der Waals surface area (Å²) in [6.07, 6.45) is 7.03. The normalized spacial score (nSPS) is 18.1. The van der Waals surface area contributed by atoms with Gasteiger partial charge in [0.15, 0.2) is 6.23 Å². The van der Waals surface area contributed by atoms with Crippen LogP contribution in [0.25, 0.3) is 33.3 Å². The van der Waals surface area contributed by atoms with Gasteiger partial charge in [0.25, 0.3) is 0 Å². The Morgan fingerprint density at radius 2 is 1.79 bits per heavy atom. The van der Waals surface area contributed by atoms with Gasteiger partial charge in [-0.25, -0.2) is 18.3 Å². The molecule has 1 amide bonds. The van der Waals surface area contributed by atoms with Crippen LogP contribution in [0.4, 0.5) is 19.3 Å². The number of pyridine rings is 1. The summed E-state index contributed by atoms with van der Waals surface area (Å²) in [5.41, 5.74) is 2.30. The molecule has 0 spiro atoms. The minimum atomic E-state index is -0.666. The minimum absolute atomic E-state index is 0.0614. The number of fused-ring (bicyclic) bond motifs is 1. The van der Waals surface area contributed by atoms with Crippen LogP contribution in [0.5, 0.6) is 0 Å². The van der Waals surface area contributed by atoms with E-state index < -0.39 is 23.3 Å². The molecule has 6 rings (SSSR count). The number of carbonyl (C=O) groups excluding carboxylic acids is 1. The number of hydrogen-bond acceptors (Lipinski definition) is 6. The first-order chi connectivity index (χ1) is 20.7. The first kappa shape index (κ1) is 29.2. The fraction of sp³-hybridized carbons (Fsp3) is 0.424. The van der Waals surface area contributed by atoms with Crippen molar-refractivity contribution in [1.82, 2.24) is 20.1 Å². The molecule has 10 heteroatoms. The fourth-order valence-electron chi connectivity index (χ4n) is 5.95. The lowest BCUT2D eigenvalue weighted by atomic mass is 10.00. The molecule has 43 heavy (non-hydrogen) atoms. The van der Waals surface area contributed by atoms with Crippen molar-refractivity contribution in [3.05, 3.63) is 66.5 Å². The summed E-state index contributed by atoms with van der Waals surface area (Å²) in [7, 11) is 0. The number of piperidine rings is 1. The van der Waals surface area contributed by atoms with Gasteiger partial charge in [-0.2, -0.15) is 5.10 Å². The molecular formula is C33H37F2N5O3. The number of hydrogen-bond donors (Lipinski definition) is 1. The van der Waals surface area contributed by atoms with E-state index in [4.69, 9.17) is 14.6 Å². The Bertz CT molecular complexity index is 1600. The van der Waals surface area contributed by atoms with Crippen molar-refractivity contribution < 1.29 is 23.0 Å². The smallest absolute Gasteiger partial charge is 0.415 e. The number of carbonyl (C=O) groups is 1. The third-order valence-electron chi connectivity index (χ3n) is 7.93. The second-order valence-corrected chi connectivity index (χ2v) is 12.2. The van der Waals surface area contributed by atoms with Crippen LogP contribution < -0.4 is 10.2 Å². The molecule has 2 aliphatic rings. The Morgan fingerprint density at radius 1 is 1.02 bits per heavy atom. The summed E-state index contributed by atoms with van der Waals surface area (Å²) < 4.78 is 43.4. The number of nitrogens with one attached hydrogen (secondary N) is 1. The molecule has 226 valence electrons. The minimum Gasteiger partial charge on any atom is -0.443 e. The molecule has 0 saturated carbocycles. The number of nitrogens with zero attached hydrogens (tertiary/aromatic N) is 4. The van der Waals surface area contributed by atoms with Crippen molar-refractivity contribution in [2.24, 2.45) is 0 Å². The third kappa shape index (κ3) is 6.12. The van der Waals surface area contributed by atoms with Gasteiger partial charge in [0, 0.05) is 29.8 Å². The number of aromatic nitrogens is 3. The molecule has 2 saturated heterocycles. The van der Waals surface area contributed by atoms with Gasteiger partial charge in [0.05, 0.1) is 23.0 Å². The molecule has 0 radical (unpaired) electrons. The van der Waals surface area contributed by atoms with Gasteiger partial charge in [-0.1, -0.05) is 12.1 Å². The van der Waals surface area contributed by atoms with Gasteiger partial charge in [-0.3, -0.25) is 9.88 Å². The average molecular weight is 590 g/mol. The van der Waals surface area contributed by atoms with E-state index in [1.807, 2.05) is 37.6 Å². The fourth-order valence-corrected chi connectivity index (χ4v) is 5.95. The largest absolute Gasteiger partial charge is 0.443 e. The highest BCUT2D eigenvalue weighted by molar-refractivity contribution is 5.97. The zero-order valence-corrected chi connectivity index (χ0v) is 24.8. The van der Waals surface area contributed by atoms with Crippen molar-refractivity contribution in [1.29, 1.82) is 0 Å². The second kappa shape index (κ2) is 12.0. The Balaban J connectivity index is 1.48. The molecule has 1 atom stereocenters. The maximum Gasteiger partial charge on any atom is 0.415 e. The monoisotopic (exact) mass is 589 g/mol. The van der Waals surface area contributed by atoms with E-state index in [2.05, 4.69) is 10.3 Å². The number of ether oxygens (including phenoxy) is 2. The van der Waals surface area contributed by atoms with E-state index in [1.165, 1.54) is 18.2 Å². The third-order valence-corrected chi connectivity index (χ3v) is 7.93. The number of benzene rings is 2. The lowest BCUT2D eigenvalue weighted by Gasteiger charge is -2.35. The maximum atomic E-state index is 14.8. The number of anilines is 1. The molecule has 8 nitrogen and oxygen atoms in total. The van der Waals surface area contributed by atoms with Crippen LogP contribution in [0, 0.1) is 11.6 Å². The van der Waals surface area contributed by atoms with Gasteiger partial charge in [-0.05, 0) is 102 Å². The van der Waals surface area contributed by atoms with Crippen LogP contribution in [-0.4, -0.2) is 52.2 Å². The van der Waals surface area contributed by atoms with Crippen LogP contribution in [0.15, 0.2) is 54.9 Å². The standard InChI is InChI=1S/C33H37F2N5O3/c1-33(2,3)43-32(41)39(23-12-14-36-15-13-23)24-17-22(19-37-20-24)31-25-18-21(30-26(34)7-6-8-27(30)35)10-11-28(25)40(38-31)29-9-4-5-16-42-29/h6-8,10-11,17-20,23,29,36H,4-5,9,12-16H2,1-3H3. The van der Waals surface area contributed by atoms with E-state index in [1.54, 1.807) is 29.4 Å². The summed E-state index contributed by atoms with van der Waals surface area (Å²) in [5.74, 6) is -1.27. The van der Waals surface area contributed by atoms with E-state index >= 15 is 0 Å². The molecular weight excluding hydrogens is 552 g/mol. The highest BCUT2D eigenvalue weighted by Crippen LogP contribution is 2.37. The predicted molar refractivity (Wildman–Crippen MR) is 162 cm³/mol. The lowest BCUT2D eigenvalue weighted by molar-refractivity contribution is -0.0365. The first-order valence-corrected chi connectivity index (χ1v) is 15.0. The molecule has 1 N–H and O–H groups in total. The van der Waals surface area contributed by atoms with Crippen molar-refractivity contribution in [2.45, 2.75) is 70.7 Å². The number of amides is 1. The summed E-state index contributed by atoms with van der Waals surface area (Å²) in [6, 6.07) is 11.0. The zero-order chi connectivity index (χ0) is 30.1. The average Bonchev–Trinajstić information content (AvgIpc) is 3.37. The van der Waals surface area contributed by atoms with Crippen molar-refractivity contribution in [3.8, 4) is 22.4 Å². The molecule has 4 aromatic rings. The molecule has 2 aromatic heterocycles. The van der Waals surface area contributed by atoms with Crippen LogP contribution in [-0.2, 0) is 9.47 Å². The Morgan fingerprint density at radius 3 is 2.49 bits per heavy atom. The topological polar surface area (TPSA) is 81.5 Å². The van der Waals surface area contributed by atoms with Gasteiger partial charge < -0.3 is 14.8 Å². The van der Waals surface area contributed by atoms with Gasteiger partial charge in [-0.15, -0.1) is 0 Å². The van der Waals surface area contributed by atoms with Gasteiger partial charge in [0.1, 0.15) is 22.9 Å². The van der Waals surface area contributed by atoms with Crippen molar-refractivity contribution in [2.75, 3.05) is 24.6 Å². The highest BCUT2D eigenvalue weighted by Gasteiger charge is 2.32. The molecule has 4 heterocycles. The molecule has 0 aliphatic carbocycles. The second-order valence-electron chi connectivity index (χ2n) is 12.2. The van der Waals surface area contributed by atoms with E-state index in [0.717, 1.165) is 50.7 Å². The Labute approximate surface area is 250 Å². The van der Waals surface area contributed by atoms with Crippen molar-refractivity contribution in [3.63, 3.8) is 0 Å². The number of halogens is 2. The predicted octanol–water partition coefficient (Wildman–Crippen LogP) is 7.24. The zero-order valence-electron chi connectivity index (χ0n) is 24.8. The van der Waals surface area contributed by atoms with E-state index in [-0.39, 0.29) is 17.8 Å². The van der Waals surface area contributed by atoms with Crippen LogP contribution >= 0.6 is 0 Å². The molecule has 0 bridgehead atoms. The first-order valence-electron chi connectivity index (χ1n) is 15.0. The van der Waals surface area contributed by atoms with Crippen LogP contribution in [0.3, 0.4) is 0 Å². The lowest BCUT2D eigenvalue weighted by Crippen LogP contribution is -2.48. The summed E-state index contributed by atoms with van der Waals surface area (Å²) in [4.78, 5) is 19.8. The quantitative estimate of drug-likeness (QED) is 0.264. The molecule has 2 aliphatic heterocycles. The summed E-state index contributed by atoms with van der Waals surface area (Å²) in [5, 5.41) is 9.06. The molecule has 2 aromatic carbocycles. The van der Waals surface area contributed by atoms with Gasteiger partial charge in [0.2, 0.25) is 0 Å². The Kier molecular flexibility index (Phi) is 8.15. The summed E-state index contributed by atoms with van der Waals surface area (Å²) >= 11 is 0. The Hall–Kier alpha value is -3.89. The number of rotatable bonds is 5. The van der Waals surface area contributed by atoms with Crippen molar-refractivity contribution >= 4 is 22.7 Å². The van der Waals surface area contributed by atoms with Gasteiger partial charge >= 0.3 is 6.09 Å².